The molecular formula is C29H25F2NO5. The molecule has 190 valence electrons. The lowest BCUT2D eigenvalue weighted by atomic mass is 9.98. The van der Waals surface area contributed by atoms with E-state index >= 15 is 0 Å². The smallest absolute Gasteiger partial charge is 0.341 e. The summed E-state index contributed by atoms with van der Waals surface area (Å²) >= 11 is 0. The Bertz CT molecular complexity index is 1370. The molecule has 6 nitrogen and oxygen atoms in total. The number of ether oxygens (including phenoxy) is 2. The average molecular weight is 506 g/mol. The van der Waals surface area contributed by atoms with E-state index in [1.165, 1.54) is 31.4 Å². The summed E-state index contributed by atoms with van der Waals surface area (Å²) in [6.07, 6.45) is 4.54. The van der Waals surface area contributed by atoms with E-state index < -0.39 is 23.6 Å². The molecule has 1 saturated carbocycles. The van der Waals surface area contributed by atoms with E-state index in [0.717, 1.165) is 18.7 Å². The first-order valence-electron chi connectivity index (χ1n) is 11.6. The first-order chi connectivity index (χ1) is 17.8. The fourth-order valence-electron chi connectivity index (χ4n) is 4.06. The van der Waals surface area contributed by atoms with Gasteiger partial charge in [0.15, 0.2) is 0 Å². The molecule has 4 rings (SSSR count). The standard InChI is InChI=1S/C29H25F2NO5/c1-36-28(34)18-9-6-17(7-10-18)8-11-19-14-23(19)27(33)32-16-21-13-12-20(15-25(21)31)22-4-3-5-24(30)26(22)29(35)37-2/h3-13,15,19,23H,14,16H2,1-2H3,(H,32,33)/t19-,23-/m1/s1. The molecule has 1 aliphatic rings. The van der Waals surface area contributed by atoms with Gasteiger partial charge in [0, 0.05) is 18.0 Å². The lowest BCUT2D eigenvalue weighted by Crippen LogP contribution is -2.25. The maximum absolute atomic E-state index is 14.8. The Labute approximate surface area is 212 Å². The van der Waals surface area contributed by atoms with E-state index in [9.17, 15) is 23.2 Å². The van der Waals surface area contributed by atoms with Crippen LogP contribution in [0.3, 0.4) is 0 Å². The van der Waals surface area contributed by atoms with Crippen LogP contribution in [0.4, 0.5) is 8.78 Å². The second kappa shape index (κ2) is 11.2. The number of nitrogens with one attached hydrogen (secondary N) is 1. The number of hydrogen-bond acceptors (Lipinski definition) is 5. The number of rotatable bonds is 8. The van der Waals surface area contributed by atoms with Gasteiger partial charge in [-0.2, -0.15) is 0 Å². The van der Waals surface area contributed by atoms with Crippen molar-refractivity contribution in [3.8, 4) is 11.1 Å². The number of amides is 1. The molecule has 0 aliphatic heterocycles. The van der Waals surface area contributed by atoms with Crippen molar-refractivity contribution in [3.63, 3.8) is 0 Å². The lowest BCUT2D eigenvalue weighted by molar-refractivity contribution is -0.122. The molecule has 0 aromatic heterocycles. The molecule has 37 heavy (non-hydrogen) atoms. The van der Waals surface area contributed by atoms with Crippen LogP contribution in [-0.2, 0) is 20.8 Å². The highest BCUT2D eigenvalue weighted by Crippen LogP contribution is 2.40. The monoisotopic (exact) mass is 505 g/mol. The van der Waals surface area contributed by atoms with Crippen molar-refractivity contribution in [2.45, 2.75) is 13.0 Å². The molecule has 8 heteroatoms. The van der Waals surface area contributed by atoms with Gasteiger partial charge in [-0.15, -0.1) is 0 Å². The zero-order chi connectivity index (χ0) is 26.5. The van der Waals surface area contributed by atoms with Crippen LogP contribution >= 0.6 is 0 Å². The summed E-state index contributed by atoms with van der Waals surface area (Å²) in [4.78, 5) is 36.0. The largest absolute Gasteiger partial charge is 0.465 e. The van der Waals surface area contributed by atoms with Gasteiger partial charge in [-0.3, -0.25) is 4.79 Å². The van der Waals surface area contributed by atoms with Gasteiger partial charge < -0.3 is 14.8 Å². The number of methoxy groups -OCH3 is 2. The number of hydrogen-bond donors (Lipinski definition) is 1. The Morgan fingerprint density at radius 3 is 2.35 bits per heavy atom. The van der Waals surface area contributed by atoms with Crippen molar-refractivity contribution >= 4 is 23.9 Å². The van der Waals surface area contributed by atoms with Crippen LogP contribution in [0.5, 0.6) is 0 Å². The van der Waals surface area contributed by atoms with Crippen molar-refractivity contribution in [1.82, 2.24) is 5.32 Å². The molecule has 3 aromatic rings. The van der Waals surface area contributed by atoms with Crippen LogP contribution in [0.25, 0.3) is 17.2 Å². The summed E-state index contributed by atoms with van der Waals surface area (Å²) in [5.41, 5.74) is 1.90. The van der Waals surface area contributed by atoms with E-state index in [4.69, 9.17) is 0 Å². The van der Waals surface area contributed by atoms with Crippen molar-refractivity contribution in [2.24, 2.45) is 11.8 Å². The maximum atomic E-state index is 14.8. The molecule has 3 aromatic carbocycles. The molecule has 1 fully saturated rings. The third kappa shape index (κ3) is 5.91. The molecular weight excluding hydrogens is 480 g/mol. The Morgan fingerprint density at radius 2 is 1.68 bits per heavy atom. The van der Waals surface area contributed by atoms with Crippen LogP contribution in [0, 0.1) is 23.5 Å². The minimum absolute atomic E-state index is 0.000118. The average Bonchev–Trinajstić information content (AvgIpc) is 3.70. The quantitative estimate of drug-likeness (QED) is 0.427. The molecule has 0 heterocycles. The van der Waals surface area contributed by atoms with Gasteiger partial charge in [-0.05, 0) is 53.3 Å². The number of benzene rings is 3. The van der Waals surface area contributed by atoms with Crippen LogP contribution in [0.2, 0.25) is 0 Å². The minimum Gasteiger partial charge on any atom is -0.465 e. The number of allylic oxidation sites excluding steroid dienone is 1. The third-order valence-electron chi connectivity index (χ3n) is 6.26. The maximum Gasteiger partial charge on any atom is 0.341 e. The number of carbonyl (C=O) groups is 3. The predicted molar refractivity (Wildman–Crippen MR) is 133 cm³/mol. The first-order valence-corrected chi connectivity index (χ1v) is 11.6. The highest BCUT2D eigenvalue weighted by molar-refractivity contribution is 5.97. The topological polar surface area (TPSA) is 81.7 Å². The zero-order valence-electron chi connectivity index (χ0n) is 20.3. The molecule has 1 amide bonds. The summed E-state index contributed by atoms with van der Waals surface area (Å²) in [5.74, 6) is -2.87. The second-order valence-electron chi connectivity index (χ2n) is 8.66. The summed E-state index contributed by atoms with van der Waals surface area (Å²) in [5, 5.41) is 2.77. The molecule has 1 N–H and O–H groups in total. The Kier molecular flexibility index (Phi) is 7.77. The Hall–Kier alpha value is -4.33. The van der Waals surface area contributed by atoms with Crippen LogP contribution in [0.15, 0.2) is 66.7 Å². The molecule has 2 atom stereocenters. The van der Waals surface area contributed by atoms with Gasteiger partial charge in [0.25, 0.3) is 0 Å². The second-order valence-corrected chi connectivity index (χ2v) is 8.66. The molecule has 0 spiro atoms. The molecule has 0 unspecified atom stereocenters. The van der Waals surface area contributed by atoms with E-state index in [1.807, 2.05) is 12.2 Å². The van der Waals surface area contributed by atoms with Crippen molar-refractivity contribution in [3.05, 3.63) is 101 Å². The lowest BCUT2D eigenvalue weighted by Gasteiger charge is -2.11. The zero-order valence-corrected chi connectivity index (χ0v) is 20.3. The normalized spacial score (nSPS) is 16.3. The van der Waals surface area contributed by atoms with Crippen LogP contribution < -0.4 is 5.32 Å². The number of esters is 2. The fraction of sp³-hybridized carbons (Fsp3) is 0.207. The Balaban J connectivity index is 1.35. The first kappa shape index (κ1) is 25.8. The predicted octanol–water partition coefficient (Wildman–Crippen LogP) is 5.17. The summed E-state index contributed by atoms with van der Waals surface area (Å²) < 4.78 is 38.4. The molecule has 1 aliphatic carbocycles. The minimum atomic E-state index is -0.851. The van der Waals surface area contributed by atoms with E-state index in [-0.39, 0.29) is 41.0 Å². The molecule has 0 radical (unpaired) electrons. The van der Waals surface area contributed by atoms with Crippen molar-refractivity contribution < 1.29 is 32.6 Å². The fourth-order valence-corrected chi connectivity index (χ4v) is 4.06. The summed E-state index contributed by atoms with van der Waals surface area (Å²) in [6, 6.07) is 15.3. The van der Waals surface area contributed by atoms with Gasteiger partial charge in [-0.25, -0.2) is 18.4 Å². The van der Waals surface area contributed by atoms with Gasteiger partial charge in [-0.1, -0.05) is 48.6 Å². The van der Waals surface area contributed by atoms with Crippen LogP contribution in [0.1, 0.15) is 38.3 Å². The van der Waals surface area contributed by atoms with Gasteiger partial charge in [0.1, 0.15) is 17.2 Å². The number of carbonyl (C=O) groups excluding carboxylic acids is 3. The van der Waals surface area contributed by atoms with Gasteiger partial charge in [0.05, 0.1) is 19.8 Å². The summed E-state index contributed by atoms with van der Waals surface area (Å²) in [7, 11) is 2.47. The molecule has 0 bridgehead atoms. The van der Waals surface area contributed by atoms with Crippen molar-refractivity contribution in [2.75, 3.05) is 14.2 Å². The van der Waals surface area contributed by atoms with Crippen molar-refractivity contribution in [1.29, 1.82) is 0 Å². The third-order valence-corrected chi connectivity index (χ3v) is 6.26. The highest BCUT2D eigenvalue weighted by atomic mass is 19.1. The van der Waals surface area contributed by atoms with E-state index in [2.05, 4.69) is 14.8 Å². The van der Waals surface area contributed by atoms with E-state index in [0.29, 0.717) is 17.5 Å². The highest BCUT2D eigenvalue weighted by Gasteiger charge is 2.40. The van der Waals surface area contributed by atoms with E-state index in [1.54, 1.807) is 30.3 Å². The van der Waals surface area contributed by atoms with Crippen LogP contribution in [-0.4, -0.2) is 32.1 Å². The molecule has 0 saturated heterocycles. The van der Waals surface area contributed by atoms with Gasteiger partial charge >= 0.3 is 11.9 Å². The SMILES string of the molecule is COC(=O)c1ccc(C=C[C@@H]2C[C@H]2C(=O)NCc2ccc(-c3cccc(F)c3C(=O)OC)cc2F)cc1. The summed E-state index contributed by atoms with van der Waals surface area (Å²) in [6.45, 7) is -0.000118. The Morgan fingerprint density at radius 1 is 0.946 bits per heavy atom. The number of halogens is 2. The van der Waals surface area contributed by atoms with Gasteiger partial charge in [0.2, 0.25) is 5.91 Å².